The Balaban J connectivity index is 1.34. The maximum atomic E-state index is 13.0. The van der Waals surface area contributed by atoms with E-state index in [1.165, 1.54) is 12.0 Å². The number of anilines is 1. The summed E-state index contributed by atoms with van der Waals surface area (Å²) < 4.78 is 10.2. The van der Waals surface area contributed by atoms with Crippen LogP contribution in [0.4, 0.5) is 5.69 Å². The summed E-state index contributed by atoms with van der Waals surface area (Å²) >= 11 is 0. The molecular formula is C24H26N4O5. The molecule has 172 valence electrons. The Labute approximate surface area is 191 Å². The second-order valence-electron chi connectivity index (χ2n) is 7.72. The van der Waals surface area contributed by atoms with Crippen molar-refractivity contribution in [3.05, 3.63) is 72.1 Å². The molecule has 0 bridgehead atoms. The van der Waals surface area contributed by atoms with E-state index in [0.29, 0.717) is 24.3 Å². The lowest BCUT2D eigenvalue weighted by atomic mass is 10.0. The number of carbonyl (C=O) groups excluding carboxylic acids is 3. The van der Waals surface area contributed by atoms with Crippen molar-refractivity contribution in [3.63, 3.8) is 0 Å². The van der Waals surface area contributed by atoms with Gasteiger partial charge >= 0.3 is 5.97 Å². The minimum Gasteiger partial charge on any atom is -0.494 e. The van der Waals surface area contributed by atoms with Gasteiger partial charge in [-0.1, -0.05) is 12.1 Å². The van der Waals surface area contributed by atoms with E-state index >= 15 is 0 Å². The Morgan fingerprint density at radius 1 is 1.09 bits per heavy atom. The zero-order valence-electron chi connectivity index (χ0n) is 18.5. The van der Waals surface area contributed by atoms with Gasteiger partial charge in [0, 0.05) is 18.1 Å². The zero-order chi connectivity index (χ0) is 23.4. The van der Waals surface area contributed by atoms with Crippen LogP contribution >= 0.6 is 0 Å². The highest BCUT2D eigenvalue weighted by molar-refractivity contribution is 5.96. The Hall–Kier alpha value is -3.85. The standard InChI is InChI=1S/C24H26N4O5/c1-3-33-19-10-6-16(7-11-19)20-14-21-23(30)27(12-13-28(21)26-20)15-22(29)25-18-8-4-17(5-9-18)24(31)32-2/h4-13,20-21,26H,3,14-15H2,1-2H3,(H,25,29). The molecule has 2 heterocycles. The van der Waals surface area contributed by atoms with Gasteiger partial charge in [0.25, 0.3) is 5.91 Å². The highest BCUT2D eigenvalue weighted by atomic mass is 16.5. The first-order valence-electron chi connectivity index (χ1n) is 10.7. The predicted molar refractivity (Wildman–Crippen MR) is 121 cm³/mol. The fourth-order valence-electron chi connectivity index (χ4n) is 3.91. The van der Waals surface area contributed by atoms with Crippen molar-refractivity contribution >= 4 is 23.5 Å². The van der Waals surface area contributed by atoms with Gasteiger partial charge in [-0.3, -0.25) is 9.59 Å². The molecule has 2 aromatic carbocycles. The summed E-state index contributed by atoms with van der Waals surface area (Å²) in [7, 11) is 1.31. The SMILES string of the molecule is CCOc1ccc(C2CC3C(=O)N(CC(=O)Nc4ccc(C(=O)OC)cc4)C=CN3N2)cc1. The number of hydrogen-bond acceptors (Lipinski definition) is 7. The van der Waals surface area contributed by atoms with E-state index in [9.17, 15) is 14.4 Å². The summed E-state index contributed by atoms with van der Waals surface area (Å²) in [5.41, 5.74) is 5.33. The summed E-state index contributed by atoms with van der Waals surface area (Å²) in [4.78, 5) is 38.4. The van der Waals surface area contributed by atoms with Crippen LogP contribution < -0.4 is 15.5 Å². The van der Waals surface area contributed by atoms with Gasteiger partial charge in [0.2, 0.25) is 5.91 Å². The molecule has 0 radical (unpaired) electrons. The number of rotatable bonds is 7. The maximum Gasteiger partial charge on any atom is 0.337 e. The lowest BCUT2D eigenvalue weighted by Crippen LogP contribution is -2.49. The first-order chi connectivity index (χ1) is 16.0. The molecule has 33 heavy (non-hydrogen) atoms. The van der Waals surface area contributed by atoms with E-state index in [0.717, 1.165) is 11.3 Å². The van der Waals surface area contributed by atoms with Crippen LogP contribution in [-0.2, 0) is 14.3 Å². The van der Waals surface area contributed by atoms with Gasteiger partial charge in [-0.25, -0.2) is 10.2 Å². The number of amides is 2. The van der Waals surface area contributed by atoms with Crippen LogP contribution in [0.1, 0.15) is 35.3 Å². The van der Waals surface area contributed by atoms with Crippen molar-refractivity contribution in [1.82, 2.24) is 15.3 Å². The van der Waals surface area contributed by atoms with Crippen molar-refractivity contribution in [3.8, 4) is 5.75 Å². The highest BCUT2D eigenvalue weighted by Crippen LogP contribution is 2.31. The molecule has 0 spiro atoms. The monoisotopic (exact) mass is 450 g/mol. The Bertz CT molecular complexity index is 1050. The van der Waals surface area contributed by atoms with Crippen molar-refractivity contribution in [2.24, 2.45) is 0 Å². The van der Waals surface area contributed by atoms with Gasteiger partial charge < -0.3 is 24.7 Å². The van der Waals surface area contributed by atoms with Crippen molar-refractivity contribution in [2.75, 3.05) is 25.6 Å². The van der Waals surface area contributed by atoms with Crippen LogP contribution in [0.3, 0.4) is 0 Å². The fourth-order valence-corrected chi connectivity index (χ4v) is 3.91. The minimum absolute atomic E-state index is 0.0126. The lowest BCUT2D eigenvalue weighted by molar-refractivity contribution is -0.137. The van der Waals surface area contributed by atoms with Gasteiger partial charge in [-0.2, -0.15) is 0 Å². The molecule has 9 nitrogen and oxygen atoms in total. The molecule has 9 heteroatoms. The minimum atomic E-state index is -0.449. The van der Waals surface area contributed by atoms with E-state index in [1.807, 2.05) is 31.2 Å². The molecule has 2 aliphatic rings. The molecule has 2 aromatic rings. The van der Waals surface area contributed by atoms with Gasteiger partial charge in [0.05, 0.1) is 25.3 Å². The van der Waals surface area contributed by atoms with E-state index < -0.39 is 12.0 Å². The summed E-state index contributed by atoms with van der Waals surface area (Å²) in [6.45, 7) is 2.44. The van der Waals surface area contributed by atoms with Crippen molar-refractivity contribution in [2.45, 2.75) is 25.4 Å². The molecule has 0 aliphatic carbocycles. The average molecular weight is 450 g/mol. The van der Waals surface area contributed by atoms with Crippen molar-refractivity contribution in [1.29, 1.82) is 0 Å². The second kappa shape index (κ2) is 9.74. The lowest BCUT2D eigenvalue weighted by Gasteiger charge is -2.31. The topological polar surface area (TPSA) is 100 Å². The third kappa shape index (κ3) is 4.98. The van der Waals surface area contributed by atoms with Gasteiger partial charge in [-0.05, 0) is 55.3 Å². The molecule has 2 aliphatic heterocycles. The molecule has 0 aromatic heterocycles. The first kappa shape index (κ1) is 22.3. The molecule has 2 unspecified atom stereocenters. The second-order valence-corrected chi connectivity index (χ2v) is 7.72. The number of fused-ring (bicyclic) bond motifs is 1. The number of esters is 1. The fraction of sp³-hybridized carbons (Fsp3) is 0.292. The Kier molecular flexibility index (Phi) is 6.60. The van der Waals surface area contributed by atoms with E-state index in [2.05, 4.69) is 15.5 Å². The molecular weight excluding hydrogens is 424 g/mol. The van der Waals surface area contributed by atoms with Crippen LogP contribution in [-0.4, -0.2) is 54.0 Å². The van der Waals surface area contributed by atoms with E-state index in [1.54, 1.807) is 41.7 Å². The molecule has 2 atom stereocenters. The Morgan fingerprint density at radius 3 is 2.48 bits per heavy atom. The smallest absolute Gasteiger partial charge is 0.337 e. The molecule has 1 saturated heterocycles. The largest absolute Gasteiger partial charge is 0.494 e. The summed E-state index contributed by atoms with van der Waals surface area (Å²) in [6, 6.07) is 13.8. The van der Waals surface area contributed by atoms with Crippen LogP contribution in [0, 0.1) is 0 Å². The number of carbonyl (C=O) groups is 3. The molecule has 1 fully saturated rings. The molecule has 2 N–H and O–H groups in total. The number of benzene rings is 2. The van der Waals surface area contributed by atoms with Gasteiger partial charge in [0.1, 0.15) is 18.3 Å². The van der Waals surface area contributed by atoms with E-state index in [-0.39, 0.29) is 24.4 Å². The number of methoxy groups -OCH3 is 1. The summed E-state index contributed by atoms with van der Waals surface area (Å²) in [5, 5.41) is 4.54. The number of nitrogens with one attached hydrogen (secondary N) is 2. The zero-order valence-corrected chi connectivity index (χ0v) is 18.5. The number of nitrogens with zero attached hydrogens (tertiary/aromatic N) is 2. The van der Waals surface area contributed by atoms with Crippen LogP contribution in [0.25, 0.3) is 0 Å². The molecule has 4 rings (SSSR count). The maximum absolute atomic E-state index is 13.0. The summed E-state index contributed by atoms with van der Waals surface area (Å²) in [6.07, 6.45) is 3.97. The normalized spacial score (nSPS) is 19.3. The highest BCUT2D eigenvalue weighted by Gasteiger charge is 2.40. The quantitative estimate of drug-likeness (QED) is 0.625. The average Bonchev–Trinajstić information content (AvgIpc) is 3.27. The number of hydrogen-bond donors (Lipinski definition) is 2. The number of ether oxygens (including phenoxy) is 2. The van der Waals surface area contributed by atoms with Gasteiger partial charge in [0.15, 0.2) is 0 Å². The molecule has 2 amide bonds. The predicted octanol–water partition coefficient (Wildman–Crippen LogP) is 2.44. The van der Waals surface area contributed by atoms with Crippen molar-refractivity contribution < 1.29 is 23.9 Å². The third-order valence-corrected chi connectivity index (χ3v) is 5.57. The summed E-state index contributed by atoms with van der Waals surface area (Å²) in [5.74, 6) is -0.115. The van der Waals surface area contributed by atoms with E-state index in [4.69, 9.17) is 4.74 Å². The third-order valence-electron chi connectivity index (χ3n) is 5.57. The first-order valence-corrected chi connectivity index (χ1v) is 10.7. The molecule has 0 saturated carbocycles. The van der Waals surface area contributed by atoms with Gasteiger partial charge in [-0.15, -0.1) is 0 Å². The Morgan fingerprint density at radius 2 is 1.82 bits per heavy atom. The van der Waals surface area contributed by atoms with Crippen LogP contribution in [0.15, 0.2) is 60.9 Å². The van der Waals surface area contributed by atoms with Crippen LogP contribution in [0.2, 0.25) is 0 Å². The van der Waals surface area contributed by atoms with Crippen LogP contribution in [0.5, 0.6) is 5.75 Å². The number of hydrazine groups is 1.